The third kappa shape index (κ3) is 2.26. The lowest BCUT2D eigenvalue weighted by Gasteiger charge is -2.29. The monoisotopic (exact) mass is 348 g/mol. The first-order chi connectivity index (χ1) is 9.36. The number of hydrogen-bond acceptors (Lipinski definition) is 3. The molecule has 20 heavy (non-hydrogen) atoms. The van der Waals surface area contributed by atoms with Crippen LogP contribution in [0, 0.1) is 0 Å². The van der Waals surface area contributed by atoms with Gasteiger partial charge in [0.2, 0.25) is 0 Å². The zero-order valence-electron chi connectivity index (χ0n) is 11.2. The minimum atomic E-state index is 0. The lowest BCUT2D eigenvalue weighted by Crippen LogP contribution is -2.33. The van der Waals surface area contributed by atoms with Crippen molar-refractivity contribution < 1.29 is 0 Å². The first-order valence-electron chi connectivity index (χ1n) is 6.76. The molecule has 0 aromatic carbocycles. The lowest BCUT2D eigenvalue weighted by molar-refractivity contribution is 0.345. The minimum Gasteiger partial charge on any atom is -0.298 e. The van der Waals surface area contributed by atoms with Crippen molar-refractivity contribution in [3.63, 3.8) is 0 Å². The van der Waals surface area contributed by atoms with E-state index in [0.717, 1.165) is 18.8 Å². The highest BCUT2D eigenvalue weighted by molar-refractivity contribution is 8.93. The van der Waals surface area contributed by atoms with Crippen LogP contribution in [-0.4, -0.2) is 29.5 Å². The van der Waals surface area contributed by atoms with E-state index in [1.807, 2.05) is 0 Å². The summed E-state index contributed by atoms with van der Waals surface area (Å²) in [5.41, 5.74) is 2.68. The van der Waals surface area contributed by atoms with Crippen LogP contribution in [0.4, 0.5) is 0 Å². The smallest absolute Gasteiger partial charge is 0.0801 e. The predicted molar refractivity (Wildman–Crippen MR) is 89.7 cm³/mol. The molecular formula is C16H17BrN2S. The number of aromatic nitrogens is 1. The second kappa shape index (κ2) is 5.43. The first-order valence-corrected chi connectivity index (χ1v) is 7.64. The van der Waals surface area contributed by atoms with E-state index in [1.54, 1.807) is 11.3 Å². The van der Waals surface area contributed by atoms with E-state index in [9.17, 15) is 0 Å². The Bertz CT molecular complexity index is 606. The number of nitrogens with zero attached hydrogens (tertiary/aromatic N) is 2. The SMILES string of the molecule is Br.C1=CC2(c3ccc(-c4cccs4)nc3)CCN(C1)C2. The number of halogens is 1. The van der Waals surface area contributed by atoms with E-state index >= 15 is 0 Å². The Balaban J connectivity index is 0.00000121. The van der Waals surface area contributed by atoms with Crippen LogP contribution in [0.2, 0.25) is 0 Å². The van der Waals surface area contributed by atoms with Gasteiger partial charge >= 0.3 is 0 Å². The van der Waals surface area contributed by atoms with Gasteiger partial charge in [-0.3, -0.25) is 9.88 Å². The molecule has 2 aliphatic heterocycles. The van der Waals surface area contributed by atoms with Gasteiger partial charge in [-0.15, -0.1) is 28.3 Å². The van der Waals surface area contributed by atoms with Crippen molar-refractivity contribution in [1.82, 2.24) is 9.88 Å². The zero-order chi connectivity index (χ0) is 12.7. The standard InChI is InChI=1S/C16H16N2S.BrH/c1-3-15(19-10-1)14-5-4-13(11-17-14)16-6-2-8-18(12-16)9-7-16;/h1-6,10-11H,7-9,12H2;1H. The summed E-state index contributed by atoms with van der Waals surface area (Å²) < 4.78 is 0. The molecule has 2 aliphatic rings. The number of fused-ring (bicyclic) bond motifs is 2. The number of pyridine rings is 1. The fourth-order valence-electron chi connectivity index (χ4n) is 3.22. The van der Waals surface area contributed by atoms with E-state index in [1.165, 1.54) is 23.4 Å². The fraction of sp³-hybridized carbons (Fsp3) is 0.312. The average molecular weight is 349 g/mol. The van der Waals surface area contributed by atoms with E-state index in [-0.39, 0.29) is 22.4 Å². The molecule has 2 aromatic heterocycles. The maximum Gasteiger partial charge on any atom is 0.0801 e. The normalized spacial score (nSPS) is 27.3. The van der Waals surface area contributed by atoms with Crippen LogP contribution in [-0.2, 0) is 5.41 Å². The molecule has 1 fully saturated rings. The minimum absolute atomic E-state index is 0. The van der Waals surface area contributed by atoms with Gasteiger partial charge in [-0.1, -0.05) is 24.3 Å². The van der Waals surface area contributed by atoms with E-state index < -0.39 is 0 Å². The topological polar surface area (TPSA) is 16.1 Å². The largest absolute Gasteiger partial charge is 0.298 e. The molecule has 1 saturated heterocycles. The van der Waals surface area contributed by atoms with Crippen molar-refractivity contribution in [3.8, 4) is 10.6 Å². The molecule has 4 heterocycles. The molecule has 2 bridgehead atoms. The number of rotatable bonds is 2. The van der Waals surface area contributed by atoms with Crippen molar-refractivity contribution in [2.24, 2.45) is 0 Å². The summed E-state index contributed by atoms with van der Waals surface area (Å²) in [6.45, 7) is 3.48. The van der Waals surface area contributed by atoms with E-state index in [2.05, 4.69) is 57.9 Å². The molecule has 2 unspecified atom stereocenters. The van der Waals surface area contributed by atoms with E-state index in [0.29, 0.717) is 0 Å². The Morgan fingerprint density at radius 3 is 2.95 bits per heavy atom. The van der Waals surface area contributed by atoms with Gasteiger partial charge < -0.3 is 0 Å². The van der Waals surface area contributed by atoms with Crippen LogP contribution in [0.1, 0.15) is 12.0 Å². The maximum absolute atomic E-state index is 4.67. The van der Waals surface area contributed by atoms with Crippen LogP contribution in [0.25, 0.3) is 10.6 Å². The van der Waals surface area contributed by atoms with Gasteiger partial charge in [-0.25, -0.2) is 0 Å². The van der Waals surface area contributed by atoms with Crippen LogP contribution in [0.15, 0.2) is 48.0 Å². The quantitative estimate of drug-likeness (QED) is 0.765. The molecule has 4 heteroatoms. The maximum atomic E-state index is 4.67. The summed E-state index contributed by atoms with van der Waals surface area (Å²) in [6.07, 6.45) is 8.01. The van der Waals surface area contributed by atoms with Crippen LogP contribution in [0.3, 0.4) is 0 Å². The van der Waals surface area contributed by atoms with Gasteiger partial charge in [-0.2, -0.15) is 0 Å². The van der Waals surface area contributed by atoms with Gasteiger partial charge in [0, 0.05) is 24.7 Å². The van der Waals surface area contributed by atoms with Gasteiger partial charge in [0.25, 0.3) is 0 Å². The summed E-state index contributed by atoms with van der Waals surface area (Å²) in [5.74, 6) is 0. The molecule has 2 atom stereocenters. The molecule has 0 aliphatic carbocycles. The van der Waals surface area contributed by atoms with Gasteiger partial charge in [-0.05, 0) is 36.0 Å². The summed E-state index contributed by atoms with van der Waals surface area (Å²) in [4.78, 5) is 8.43. The number of hydrogen-bond donors (Lipinski definition) is 0. The highest BCUT2D eigenvalue weighted by Crippen LogP contribution is 2.38. The Labute approximate surface area is 133 Å². The summed E-state index contributed by atoms with van der Waals surface area (Å²) in [7, 11) is 0. The van der Waals surface area contributed by atoms with Crippen molar-refractivity contribution in [3.05, 3.63) is 53.6 Å². The Hall–Kier alpha value is -0.970. The summed E-state index contributed by atoms with van der Waals surface area (Å²) in [5, 5.41) is 2.10. The fourth-order valence-corrected chi connectivity index (χ4v) is 3.93. The van der Waals surface area contributed by atoms with Gasteiger partial charge in [0.05, 0.1) is 10.6 Å². The zero-order valence-corrected chi connectivity index (χ0v) is 13.7. The van der Waals surface area contributed by atoms with Gasteiger partial charge in [0.1, 0.15) is 0 Å². The molecule has 2 aromatic rings. The molecule has 104 valence electrons. The highest BCUT2D eigenvalue weighted by atomic mass is 79.9. The predicted octanol–water partition coefficient (Wildman–Crippen LogP) is 3.90. The van der Waals surface area contributed by atoms with Crippen molar-refractivity contribution >= 4 is 28.3 Å². The molecule has 2 nitrogen and oxygen atoms in total. The molecule has 0 N–H and O–H groups in total. The Morgan fingerprint density at radius 1 is 1.25 bits per heavy atom. The average Bonchev–Trinajstić information content (AvgIpc) is 3.09. The third-order valence-electron chi connectivity index (χ3n) is 4.29. The lowest BCUT2D eigenvalue weighted by atomic mass is 9.79. The molecule has 0 radical (unpaired) electrons. The van der Waals surface area contributed by atoms with Crippen molar-refractivity contribution in [1.29, 1.82) is 0 Å². The highest BCUT2D eigenvalue weighted by Gasteiger charge is 2.39. The summed E-state index contributed by atoms with van der Waals surface area (Å²) in [6, 6.07) is 8.64. The number of thiophene rings is 1. The second-order valence-corrected chi connectivity index (χ2v) is 6.40. The Morgan fingerprint density at radius 2 is 2.20 bits per heavy atom. The van der Waals surface area contributed by atoms with Crippen LogP contribution >= 0.6 is 28.3 Å². The first kappa shape index (κ1) is 14.0. The molecule has 0 saturated carbocycles. The molecule has 4 rings (SSSR count). The molecule has 0 amide bonds. The van der Waals surface area contributed by atoms with Crippen molar-refractivity contribution in [2.45, 2.75) is 11.8 Å². The van der Waals surface area contributed by atoms with Crippen LogP contribution < -0.4 is 0 Å². The van der Waals surface area contributed by atoms with Gasteiger partial charge in [0.15, 0.2) is 0 Å². The second-order valence-electron chi connectivity index (χ2n) is 5.45. The van der Waals surface area contributed by atoms with E-state index in [4.69, 9.17) is 0 Å². The molecular weight excluding hydrogens is 332 g/mol. The van der Waals surface area contributed by atoms with Crippen LogP contribution in [0.5, 0.6) is 0 Å². The summed E-state index contributed by atoms with van der Waals surface area (Å²) >= 11 is 1.75. The van der Waals surface area contributed by atoms with Crippen molar-refractivity contribution in [2.75, 3.05) is 19.6 Å². The Kier molecular flexibility index (Phi) is 3.80. The third-order valence-corrected chi connectivity index (χ3v) is 5.18. The molecule has 0 spiro atoms.